The molecule has 1 rings (SSSR count). The first kappa shape index (κ1) is 15.0. The van der Waals surface area contributed by atoms with E-state index in [-0.39, 0.29) is 24.3 Å². The summed E-state index contributed by atoms with van der Waals surface area (Å²) in [7, 11) is 0. The van der Waals surface area contributed by atoms with E-state index < -0.39 is 5.60 Å². The lowest BCUT2D eigenvalue weighted by molar-refractivity contribution is -0.120. The SMILES string of the molecule is CC(C)CCC1CN(C(=O)OC(C)(C)C)CC1=O. The van der Waals surface area contributed by atoms with Crippen LogP contribution in [0.15, 0.2) is 0 Å². The molecule has 1 saturated heterocycles. The Morgan fingerprint density at radius 2 is 2.06 bits per heavy atom. The molecule has 0 N–H and O–H groups in total. The Morgan fingerprint density at radius 1 is 1.44 bits per heavy atom. The molecular formula is C14H25NO3. The zero-order valence-corrected chi connectivity index (χ0v) is 12.2. The van der Waals surface area contributed by atoms with Crippen molar-refractivity contribution in [1.29, 1.82) is 0 Å². The van der Waals surface area contributed by atoms with Gasteiger partial charge in [0.25, 0.3) is 0 Å². The number of ether oxygens (including phenoxy) is 1. The van der Waals surface area contributed by atoms with Crippen LogP contribution in [-0.2, 0) is 9.53 Å². The summed E-state index contributed by atoms with van der Waals surface area (Å²) in [6.45, 7) is 10.5. The molecule has 104 valence electrons. The highest BCUT2D eigenvalue weighted by Crippen LogP contribution is 2.22. The third-order valence-electron chi connectivity index (χ3n) is 2.99. The number of amides is 1. The molecule has 0 aliphatic carbocycles. The van der Waals surface area contributed by atoms with E-state index >= 15 is 0 Å². The summed E-state index contributed by atoms with van der Waals surface area (Å²) >= 11 is 0. The number of Topliss-reactive ketones (excluding diaryl/α,β-unsaturated/α-hetero) is 1. The number of rotatable bonds is 3. The molecule has 0 radical (unpaired) electrons. The summed E-state index contributed by atoms with van der Waals surface area (Å²) in [5, 5.41) is 0. The molecule has 0 aromatic heterocycles. The van der Waals surface area contributed by atoms with Gasteiger partial charge in [0, 0.05) is 12.5 Å². The molecule has 0 aromatic rings. The van der Waals surface area contributed by atoms with Gasteiger partial charge in [0.2, 0.25) is 0 Å². The second kappa shape index (κ2) is 5.72. The maximum absolute atomic E-state index is 11.8. The first-order valence-corrected chi connectivity index (χ1v) is 6.69. The van der Waals surface area contributed by atoms with Crippen molar-refractivity contribution in [2.24, 2.45) is 11.8 Å². The van der Waals surface area contributed by atoms with Crippen molar-refractivity contribution in [2.45, 2.75) is 53.1 Å². The van der Waals surface area contributed by atoms with Gasteiger partial charge in [-0.15, -0.1) is 0 Å². The highest BCUT2D eigenvalue weighted by atomic mass is 16.6. The maximum Gasteiger partial charge on any atom is 0.410 e. The average molecular weight is 255 g/mol. The van der Waals surface area contributed by atoms with Gasteiger partial charge < -0.3 is 9.64 Å². The minimum atomic E-state index is -0.504. The number of hydrogen-bond donors (Lipinski definition) is 0. The molecule has 1 unspecified atom stereocenters. The number of carbonyl (C=O) groups is 2. The molecule has 0 aromatic carbocycles. The zero-order valence-electron chi connectivity index (χ0n) is 12.2. The number of carbonyl (C=O) groups excluding carboxylic acids is 2. The van der Waals surface area contributed by atoms with E-state index in [0.29, 0.717) is 12.5 Å². The number of ketones is 1. The second-order valence-corrected chi connectivity index (χ2v) is 6.50. The molecule has 1 heterocycles. The molecule has 1 amide bonds. The van der Waals surface area contributed by atoms with Crippen LogP contribution >= 0.6 is 0 Å². The van der Waals surface area contributed by atoms with Crippen molar-refractivity contribution in [3.8, 4) is 0 Å². The number of nitrogens with zero attached hydrogens (tertiary/aromatic N) is 1. The van der Waals surface area contributed by atoms with E-state index in [1.807, 2.05) is 20.8 Å². The van der Waals surface area contributed by atoms with Crippen molar-refractivity contribution in [3.63, 3.8) is 0 Å². The number of likely N-dealkylation sites (tertiary alicyclic amines) is 1. The minimum absolute atomic E-state index is 0.0000756. The Labute approximate surface area is 110 Å². The monoisotopic (exact) mass is 255 g/mol. The standard InChI is InChI=1S/C14H25NO3/c1-10(2)6-7-11-8-15(9-12(11)16)13(17)18-14(3,4)5/h10-11H,6-9H2,1-5H3. The fourth-order valence-corrected chi connectivity index (χ4v) is 2.00. The highest BCUT2D eigenvalue weighted by Gasteiger charge is 2.35. The van der Waals surface area contributed by atoms with E-state index in [0.717, 1.165) is 12.8 Å². The van der Waals surface area contributed by atoms with Gasteiger partial charge in [-0.3, -0.25) is 4.79 Å². The molecule has 1 atom stereocenters. The topological polar surface area (TPSA) is 46.6 Å². The first-order valence-electron chi connectivity index (χ1n) is 6.69. The number of hydrogen-bond acceptors (Lipinski definition) is 3. The molecule has 1 fully saturated rings. The van der Waals surface area contributed by atoms with Gasteiger partial charge in [0.15, 0.2) is 5.78 Å². The van der Waals surface area contributed by atoms with E-state index in [4.69, 9.17) is 4.74 Å². The van der Waals surface area contributed by atoms with Crippen LogP contribution in [0.1, 0.15) is 47.5 Å². The summed E-state index contributed by atoms with van der Waals surface area (Å²) in [6, 6.07) is 0. The average Bonchev–Trinajstić information content (AvgIpc) is 2.54. The molecule has 0 saturated carbocycles. The maximum atomic E-state index is 11.8. The first-order chi connectivity index (χ1) is 8.19. The van der Waals surface area contributed by atoms with Crippen molar-refractivity contribution < 1.29 is 14.3 Å². The lowest BCUT2D eigenvalue weighted by atomic mass is 9.96. The normalized spacial score (nSPS) is 20.7. The Bertz CT molecular complexity index is 317. The Kier molecular flexibility index (Phi) is 4.77. The Morgan fingerprint density at radius 3 is 2.56 bits per heavy atom. The largest absolute Gasteiger partial charge is 0.444 e. The molecule has 4 nitrogen and oxygen atoms in total. The Balaban J connectivity index is 2.48. The fraction of sp³-hybridized carbons (Fsp3) is 0.857. The predicted octanol–water partition coefficient (Wildman–Crippen LogP) is 2.86. The molecule has 1 aliphatic rings. The summed E-state index contributed by atoms with van der Waals surface area (Å²) in [6.07, 6.45) is 1.52. The lowest BCUT2D eigenvalue weighted by Gasteiger charge is -2.24. The lowest BCUT2D eigenvalue weighted by Crippen LogP contribution is -2.35. The van der Waals surface area contributed by atoms with Gasteiger partial charge in [0.05, 0.1) is 6.54 Å². The van der Waals surface area contributed by atoms with Crippen LogP contribution in [0.4, 0.5) is 4.79 Å². The van der Waals surface area contributed by atoms with Gasteiger partial charge in [-0.25, -0.2) is 4.79 Å². The van der Waals surface area contributed by atoms with Crippen molar-refractivity contribution in [2.75, 3.05) is 13.1 Å². The molecule has 1 aliphatic heterocycles. The smallest absolute Gasteiger partial charge is 0.410 e. The van der Waals surface area contributed by atoms with E-state index in [1.165, 1.54) is 4.90 Å². The van der Waals surface area contributed by atoms with Crippen molar-refractivity contribution in [1.82, 2.24) is 4.90 Å². The molecule has 4 heteroatoms. The summed E-state index contributed by atoms with van der Waals surface area (Å²) < 4.78 is 5.28. The van der Waals surface area contributed by atoms with E-state index in [2.05, 4.69) is 13.8 Å². The molecule has 0 spiro atoms. The van der Waals surface area contributed by atoms with Crippen LogP contribution in [0, 0.1) is 11.8 Å². The molecule has 0 bridgehead atoms. The Hall–Kier alpha value is -1.06. The van der Waals surface area contributed by atoms with Crippen LogP contribution in [-0.4, -0.2) is 35.5 Å². The van der Waals surface area contributed by atoms with E-state index in [9.17, 15) is 9.59 Å². The summed E-state index contributed by atoms with van der Waals surface area (Å²) in [4.78, 5) is 25.2. The van der Waals surface area contributed by atoms with Crippen LogP contribution in [0.5, 0.6) is 0 Å². The highest BCUT2D eigenvalue weighted by molar-refractivity contribution is 5.89. The second-order valence-electron chi connectivity index (χ2n) is 6.50. The minimum Gasteiger partial charge on any atom is -0.444 e. The van der Waals surface area contributed by atoms with Crippen LogP contribution in [0.3, 0.4) is 0 Å². The third-order valence-corrected chi connectivity index (χ3v) is 2.99. The van der Waals surface area contributed by atoms with Crippen LogP contribution in [0.25, 0.3) is 0 Å². The molecular weight excluding hydrogens is 230 g/mol. The van der Waals surface area contributed by atoms with Gasteiger partial charge >= 0.3 is 6.09 Å². The van der Waals surface area contributed by atoms with Crippen molar-refractivity contribution in [3.05, 3.63) is 0 Å². The fourth-order valence-electron chi connectivity index (χ4n) is 2.00. The van der Waals surface area contributed by atoms with Gasteiger partial charge in [-0.1, -0.05) is 20.3 Å². The zero-order chi connectivity index (χ0) is 13.9. The summed E-state index contributed by atoms with van der Waals surface area (Å²) in [5.74, 6) is 0.759. The van der Waals surface area contributed by atoms with Crippen molar-refractivity contribution >= 4 is 11.9 Å². The van der Waals surface area contributed by atoms with Crippen LogP contribution < -0.4 is 0 Å². The van der Waals surface area contributed by atoms with E-state index in [1.54, 1.807) is 0 Å². The molecule has 18 heavy (non-hydrogen) atoms. The van der Waals surface area contributed by atoms with Crippen LogP contribution in [0.2, 0.25) is 0 Å². The predicted molar refractivity (Wildman–Crippen MR) is 70.4 cm³/mol. The van der Waals surface area contributed by atoms with Gasteiger partial charge in [-0.05, 0) is 33.1 Å². The quantitative estimate of drug-likeness (QED) is 0.779. The third kappa shape index (κ3) is 4.67. The van der Waals surface area contributed by atoms with Gasteiger partial charge in [0.1, 0.15) is 5.60 Å². The van der Waals surface area contributed by atoms with Gasteiger partial charge in [-0.2, -0.15) is 0 Å². The summed E-state index contributed by atoms with van der Waals surface area (Å²) in [5.41, 5.74) is -0.504.